The third-order valence-electron chi connectivity index (χ3n) is 3.66. The number of likely N-dealkylation sites (N-methyl/N-ethyl adjacent to an activating group) is 1. The molecule has 1 aromatic rings. The number of hydrogen-bond donors (Lipinski definition) is 1. The summed E-state index contributed by atoms with van der Waals surface area (Å²) < 4.78 is 0. The lowest BCUT2D eigenvalue weighted by atomic mass is 10.1. The van der Waals surface area contributed by atoms with Gasteiger partial charge in [-0.3, -0.25) is 0 Å². The highest BCUT2D eigenvalue weighted by Crippen LogP contribution is 2.21. The van der Waals surface area contributed by atoms with E-state index in [0.717, 1.165) is 44.3 Å². The van der Waals surface area contributed by atoms with E-state index < -0.39 is 0 Å². The minimum absolute atomic E-state index is 0.747. The number of anilines is 1. The van der Waals surface area contributed by atoms with E-state index in [4.69, 9.17) is 4.98 Å². The number of rotatable bonds is 9. The van der Waals surface area contributed by atoms with Crippen molar-refractivity contribution >= 4 is 5.82 Å². The SMILES string of the molecule is C=CCN(CC)c1cc(CNC2CC2)cc(CCC)n1. The lowest BCUT2D eigenvalue weighted by Crippen LogP contribution is -2.24. The number of aromatic nitrogens is 1. The number of hydrogen-bond acceptors (Lipinski definition) is 3. The average molecular weight is 273 g/mol. The summed E-state index contributed by atoms with van der Waals surface area (Å²) in [6.45, 7) is 11.0. The van der Waals surface area contributed by atoms with Crippen LogP contribution in [0.15, 0.2) is 24.8 Å². The molecule has 1 fully saturated rings. The van der Waals surface area contributed by atoms with Crippen molar-refractivity contribution in [1.82, 2.24) is 10.3 Å². The monoisotopic (exact) mass is 273 g/mol. The molecule has 2 rings (SSSR count). The largest absolute Gasteiger partial charge is 0.353 e. The molecule has 0 atom stereocenters. The Labute approximate surface area is 123 Å². The van der Waals surface area contributed by atoms with E-state index in [1.165, 1.54) is 24.1 Å². The van der Waals surface area contributed by atoms with Gasteiger partial charge >= 0.3 is 0 Å². The van der Waals surface area contributed by atoms with Gasteiger partial charge in [0.2, 0.25) is 0 Å². The summed E-state index contributed by atoms with van der Waals surface area (Å²) in [6, 6.07) is 5.22. The van der Waals surface area contributed by atoms with Gasteiger partial charge in [0.1, 0.15) is 5.82 Å². The molecule has 0 unspecified atom stereocenters. The van der Waals surface area contributed by atoms with Crippen molar-refractivity contribution in [2.24, 2.45) is 0 Å². The van der Waals surface area contributed by atoms with Crippen LogP contribution in [0.1, 0.15) is 44.4 Å². The first-order valence-corrected chi connectivity index (χ1v) is 7.85. The van der Waals surface area contributed by atoms with Crippen molar-refractivity contribution in [2.75, 3.05) is 18.0 Å². The second kappa shape index (κ2) is 7.44. The van der Waals surface area contributed by atoms with Crippen molar-refractivity contribution in [3.8, 4) is 0 Å². The molecule has 1 aliphatic rings. The molecular weight excluding hydrogens is 246 g/mol. The fourth-order valence-electron chi connectivity index (χ4n) is 2.37. The zero-order valence-corrected chi connectivity index (χ0v) is 12.9. The third kappa shape index (κ3) is 4.34. The van der Waals surface area contributed by atoms with Gasteiger partial charge in [-0.15, -0.1) is 6.58 Å². The second-order valence-corrected chi connectivity index (χ2v) is 5.56. The fourth-order valence-corrected chi connectivity index (χ4v) is 2.37. The Balaban J connectivity index is 2.16. The lowest BCUT2D eigenvalue weighted by Gasteiger charge is -2.22. The van der Waals surface area contributed by atoms with Crippen molar-refractivity contribution in [2.45, 2.75) is 52.1 Å². The van der Waals surface area contributed by atoms with Crippen LogP contribution in [0.25, 0.3) is 0 Å². The Bertz CT molecular complexity index is 438. The molecule has 0 spiro atoms. The first kappa shape index (κ1) is 15.0. The van der Waals surface area contributed by atoms with Crippen LogP contribution in [0.3, 0.4) is 0 Å². The highest BCUT2D eigenvalue weighted by Gasteiger charge is 2.20. The van der Waals surface area contributed by atoms with Crippen LogP contribution in [0.4, 0.5) is 5.82 Å². The minimum atomic E-state index is 0.747. The van der Waals surface area contributed by atoms with Crippen molar-refractivity contribution in [3.05, 3.63) is 36.0 Å². The summed E-state index contributed by atoms with van der Waals surface area (Å²) in [4.78, 5) is 7.08. The summed E-state index contributed by atoms with van der Waals surface area (Å²) >= 11 is 0. The molecule has 0 saturated heterocycles. The number of nitrogens with zero attached hydrogens (tertiary/aromatic N) is 2. The van der Waals surface area contributed by atoms with Crippen LogP contribution >= 0.6 is 0 Å². The van der Waals surface area contributed by atoms with Gasteiger partial charge in [-0.1, -0.05) is 19.4 Å². The van der Waals surface area contributed by atoms with E-state index in [-0.39, 0.29) is 0 Å². The van der Waals surface area contributed by atoms with Crippen molar-refractivity contribution < 1.29 is 0 Å². The highest BCUT2D eigenvalue weighted by molar-refractivity contribution is 5.43. The molecule has 1 heterocycles. The second-order valence-electron chi connectivity index (χ2n) is 5.56. The van der Waals surface area contributed by atoms with Crippen molar-refractivity contribution in [3.63, 3.8) is 0 Å². The molecule has 0 amide bonds. The predicted molar refractivity (Wildman–Crippen MR) is 86.2 cm³/mol. The lowest BCUT2D eigenvalue weighted by molar-refractivity contribution is 0.684. The number of nitrogens with one attached hydrogen (secondary N) is 1. The summed E-state index contributed by atoms with van der Waals surface area (Å²) in [7, 11) is 0. The van der Waals surface area contributed by atoms with Gasteiger partial charge in [-0.25, -0.2) is 4.98 Å². The maximum atomic E-state index is 4.81. The Morgan fingerprint density at radius 1 is 1.40 bits per heavy atom. The van der Waals surface area contributed by atoms with Gasteiger partial charge in [0.05, 0.1) is 0 Å². The maximum absolute atomic E-state index is 4.81. The molecule has 1 N–H and O–H groups in total. The quantitative estimate of drug-likeness (QED) is 0.700. The van der Waals surface area contributed by atoms with Crippen LogP contribution in [0, 0.1) is 0 Å². The van der Waals surface area contributed by atoms with Gasteiger partial charge in [-0.05, 0) is 43.9 Å². The van der Waals surface area contributed by atoms with E-state index in [1.54, 1.807) is 0 Å². The molecule has 20 heavy (non-hydrogen) atoms. The van der Waals surface area contributed by atoms with Crippen LogP contribution < -0.4 is 10.2 Å². The van der Waals surface area contributed by atoms with Crippen LogP contribution in [0.2, 0.25) is 0 Å². The molecule has 0 aliphatic heterocycles. The summed E-state index contributed by atoms with van der Waals surface area (Å²) in [5, 5.41) is 3.59. The van der Waals surface area contributed by atoms with Gasteiger partial charge < -0.3 is 10.2 Å². The Hall–Kier alpha value is -1.35. The molecule has 1 aromatic heterocycles. The Kier molecular flexibility index (Phi) is 5.60. The topological polar surface area (TPSA) is 28.2 Å². The average Bonchev–Trinajstić information content (AvgIpc) is 3.27. The third-order valence-corrected chi connectivity index (χ3v) is 3.66. The molecular formula is C17H27N3. The maximum Gasteiger partial charge on any atom is 0.129 e. The fraction of sp³-hybridized carbons (Fsp3) is 0.588. The van der Waals surface area contributed by atoms with E-state index in [1.807, 2.05) is 6.08 Å². The predicted octanol–water partition coefficient (Wildman–Crippen LogP) is 3.30. The van der Waals surface area contributed by atoms with E-state index >= 15 is 0 Å². The van der Waals surface area contributed by atoms with E-state index in [0.29, 0.717) is 0 Å². The molecule has 1 saturated carbocycles. The summed E-state index contributed by atoms with van der Waals surface area (Å²) in [5.74, 6) is 1.09. The molecule has 0 aromatic carbocycles. The smallest absolute Gasteiger partial charge is 0.129 e. The zero-order valence-electron chi connectivity index (χ0n) is 12.9. The van der Waals surface area contributed by atoms with Gasteiger partial charge in [0.25, 0.3) is 0 Å². The van der Waals surface area contributed by atoms with Gasteiger partial charge in [-0.2, -0.15) is 0 Å². The highest BCUT2D eigenvalue weighted by atomic mass is 15.2. The number of pyridine rings is 1. The van der Waals surface area contributed by atoms with Crippen LogP contribution in [-0.4, -0.2) is 24.1 Å². The molecule has 3 nitrogen and oxygen atoms in total. The standard InChI is InChI=1S/C17H27N3/c1-4-7-16-11-14(13-18-15-8-9-15)12-17(19-16)20(6-3)10-5-2/h5,11-12,15,18H,2,4,6-10,13H2,1,3H3. The first-order valence-electron chi connectivity index (χ1n) is 7.85. The van der Waals surface area contributed by atoms with Crippen LogP contribution in [-0.2, 0) is 13.0 Å². The number of aryl methyl sites for hydroxylation is 1. The Morgan fingerprint density at radius 2 is 2.20 bits per heavy atom. The van der Waals surface area contributed by atoms with E-state index in [9.17, 15) is 0 Å². The van der Waals surface area contributed by atoms with E-state index in [2.05, 4.69) is 42.8 Å². The van der Waals surface area contributed by atoms with Crippen LogP contribution in [0.5, 0.6) is 0 Å². The Morgan fingerprint density at radius 3 is 2.80 bits per heavy atom. The zero-order chi connectivity index (χ0) is 14.4. The summed E-state index contributed by atoms with van der Waals surface area (Å²) in [5.41, 5.74) is 2.56. The minimum Gasteiger partial charge on any atom is -0.353 e. The van der Waals surface area contributed by atoms with Crippen molar-refractivity contribution in [1.29, 1.82) is 0 Å². The molecule has 3 heteroatoms. The molecule has 0 bridgehead atoms. The normalized spacial score (nSPS) is 14.3. The molecule has 0 radical (unpaired) electrons. The summed E-state index contributed by atoms with van der Waals surface area (Å²) in [6.07, 6.45) is 6.80. The first-order chi connectivity index (χ1) is 9.76. The van der Waals surface area contributed by atoms with Gasteiger partial charge in [0, 0.05) is 31.4 Å². The van der Waals surface area contributed by atoms with Gasteiger partial charge in [0.15, 0.2) is 0 Å². The molecule has 1 aliphatic carbocycles. The molecule has 110 valence electrons.